The molecule has 22 heavy (non-hydrogen) atoms. The second-order valence-corrected chi connectivity index (χ2v) is 6.33. The zero-order valence-electron chi connectivity index (χ0n) is 13.7. The van der Waals surface area contributed by atoms with Crippen molar-refractivity contribution in [1.82, 2.24) is 19.8 Å². The molecule has 3 heterocycles. The van der Waals surface area contributed by atoms with Crippen LogP contribution in [-0.4, -0.2) is 78.3 Å². The first kappa shape index (κ1) is 15.6. The van der Waals surface area contributed by atoms with Gasteiger partial charge in [-0.1, -0.05) is 0 Å². The second-order valence-electron chi connectivity index (χ2n) is 6.33. The predicted molar refractivity (Wildman–Crippen MR) is 87.2 cm³/mol. The zero-order valence-corrected chi connectivity index (χ0v) is 13.7. The van der Waals surface area contributed by atoms with Crippen molar-refractivity contribution in [2.75, 3.05) is 57.8 Å². The first-order valence-corrected chi connectivity index (χ1v) is 8.30. The van der Waals surface area contributed by atoms with Crippen molar-refractivity contribution in [1.29, 1.82) is 0 Å². The third-order valence-corrected chi connectivity index (χ3v) is 4.43. The summed E-state index contributed by atoms with van der Waals surface area (Å²) in [6, 6.07) is 2.53. The van der Waals surface area contributed by atoms with Gasteiger partial charge in [-0.05, 0) is 20.3 Å². The number of aromatic nitrogens is 2. The number of morpholine rings is 1. The lowest BCUT2D eigenvalue weighted by molar-refractivity contribution is 0.0344. The molecule has 0 bridgehead atoms. The van der Waals surface area contributed by atoms with Crippen LogP contribution < -0.4 is 5.32 Å². The van der Waals surface area contributed by atoms with E-state index in [0.717, 1.165) is 63.3 Å². The molecule has 1 atom stereocenters. The van der Waals surface area contributed by atoms with Crippen molar-refractivity contribution >= 4 is 5.82 Å². The normalized spacial score (nSPS) is 23.8. The quantitative estimate of drug-likeness (QED) is 0.873. The molecule has 0 aromatic carbocycles. The minimum Gasteiger partial charge on any atom is -0.379 e. The van der Waals surface area contributed by atoms with Crippen LogP contribution in [0.1, 0.15) is 17.9 Å². The summed E-state index contributed by atoms with van der Waals surface area (Å²) in [4.78, 5) is 13.9. The molecule has 0 amide bonds. The Morgan fingerprint density at radius 1 is 1.14 bits per heavy atom. The van der Waals surface area contributed by atoms with E-state index in [-0.39, 0.29) is 0 Å². The SMILES string of the molecule is Cc1cc(NC2CCN(CCN3CCOCC3)C2)nc(C)n1. The Labute approximate surface area is 132 Å². The number of rotatable bonds is 5. The Morgan fingerprint density at radius 3 is 2.68 bits per heavy atom. The van der Waals surface area contributed by atoms with Crippen molar-refractivity contribution in [2.45, 2.75) is 26.3 Å². The van der Waals surface area contributed by atoms with E-state index in [0.29, 0.717) is 6.04 Å². The van der Waals surface area contributed by atoms with Gasteiger partial charge in [0.15, 0.2) is 0 Å². The van der Waals surface area contributed by atoms with Gasteiger partial charge >= 0.3 is 0 Å². The van der Waals surface area contributed by atoms with Crippen LogP contribution in [0.2, 0.25) is 0 Å². The molecule has 2 aliphatic heterocycles. The number of ether oxygens (including phenoxy) is 1. The standard InChI is InChI=1S/C16H27N5O/c1-13-11-16(18-14(2)17-13)19-15-3-4-21(12-15)6-5-20-7-9-22-10-8-20/h11,15H,3-10,12H2,1-2H3,(H,17,18,19). The van der Waals surface area contributed by atoms with Gasteiger partial charge in [-0.25, -0.2) is 9.97 Å². The largest absolute Gasteiger partial charge is 0.379 e. The molecular formula is C16H27N5O. The molecule has 122 valence electrons. The summed E-state index contributed by atoms with van der Waals surface area (Å²) < 4.78 is 5.40. The Bertz CT molecular complexity index is 469. The van der Waals surface area contributed by atoms with Crippen molar-refractivity contribution in [3.8, 4) is 0 Å². The van der Waals surface area contributed by atoms with Gasteiger partial charge in [0.05, 0.1) is 13.2 Å². The molecule has 1 unspecified atom stereocenters. The average Bonchev–Trinajstić information content (AvgIpc) is 2.93. The van der Waals surface area contributed by atoms with Gasteiger partial charge in [-0.3, -0.25) is 9.80 Å². The number of anilines is 1. The number of nitrogens with one attached hydrogen (secondary N) is 1. The van der Waals surface area contributed by atoms with Gasteiger partial charge in [0.25, 0.3) is 0 Å². The van der Waals surface area contributed by atoms with E-state index in [4.69, 9.17) is 4.74 Å². The van der Waals surface area contributed by atoms with E-state index >= 15 is 0 Å². The number of hydrogen-bond donors (Lipinski definition) is 1. The molecule has 1 aromatic heterocycles. The molecule has 2 aliphatic rings. The molecule has 0 radical (unpaired) electrons. The Balaban J connectivity index is 1.43. The highest BCUT2D eigenvalue weighted by Crippen LogP contribution is 2.15. The Kier molecular flexibility index (Phi) is 5.23. The smallest absolute Gasteiger partial charge is 0.130 e. The fourth-order valence-corrected chi connectivity index (χ4v) is 3.26. The van der Waals surface area contributed by atoms with Crippen molar-refractivity contribution in [2.24, 2.45) is 0 Å². The van der Waals surface area contributed by atoms with Crippen LogP contribution in [0.3, 0.4) is 0 Å². The molecule has 2 fully saturated rings. The summed E-state index contributed by atoms with van der Waals surface area (Å²) in [6.07, 6.45) is 1.19. The molecule has 6 nitrogen and oxygen atoms in total. The van der Waals surface area contributed by atoms with Crippen LogP contribution >= 0.6 is 0 Å². The molecule has 0 saturated carbocycles. The van der Waals surface area contributed by atoms with E-state index in [1.807, 2.05) is 19.9 Å². The average molecular weight is 305 g/mol. The highest BCUT2D eigenvalue weighted by molar-refractivity contribution is 5.37. The van der Waals surface area contributed by atoms with Crippen LogP contribution in [0.5, 0.6) is 0 Å². The Morgan fingerprint density at radius 2 is 1.91 bits per heavy atom. The van der Waals surface area contributed by atoms with Crippen molar-refractivity contribution < 1.29 is 4.74 Å². The van der Waals surface area contributed by atoms with Crippen molar-refractivity contribution in [3.05, 3.63) is 17.6 Å². The van der Waals surface area contributed by atoms with E-state index < -0.39 is 0 Å². The second kappa shape index (κ2) is 7.35. The number of aryl methyl sites for hydroxylation is 2. The van der Waals surface area contributed by atoms with Gasteiger partial charge in [0.1, 0.15) is 11.6 Å². The minimum absolute atomic E-state index is 0.499. The van der Waals surface area contributed by atoms with Crippen molar-refractivity contribution in [3.63, 3.8) is 0 Å². The minimum atomic E-state index is 0.499. The van der Waals surface area contributed by atoms with Gasteiger partial charge in [-0.15, -0.1) is 0 Å². The maximum atomic E-state index is 5.40. The summed E-state index contributed by atoms with van der Waals surface area (Å²) in [7, 11) is 0. The van der Waals surface area contributed by atoms with Gasteiger partial charge < -0.3 is 10.1 Å². The first-order valence-electron chi connectivity index (χ1n) is 8.30. The molecule has 0 aliphatic carbocycles. The van der Waals surface area contributed by atoms with E-state index in [1.54, 1.807) is 0 Å². The van der Waals surface area contributed by atoms with Crippen LogP contribution in [0.15, 0.2) is 6.07 Å². The monoisotopic (exact) mass is 305 g/mol. The fraction of sp³-hybridized carbons (Fsp3) is 0.750. The molecule has 3 rings (SSSR count). The maximum absolute atomic E-state index is 5.40. The summed E-state index contributed by atoms with van der Waals surface area (Å²) in [6.45, 7) is 12.5. The van der Waals surface area contributed by atoms with Crippen LogP contribution in [0.4, 0.5) is 5.82 Å². The fourth-order valence-electron chi connectivity index (χ4n) is 3.26. The van der Waals surface area contributed by atoms with Crippen LogP contribution in [0, 0.1) is 13.8 Å². The zero-order chi connectivity index (χ0) is 15.4. The van der Waals surface area contributed by atoms with Gasteiger partial charge in [0.2, 0.25) is 0 Å². The lowest BCUT2D eigenvalue weighted by atomic mass is 10.2. The Hall–Kier alpha value is -1.24. The van der Waals surface area contributed by atoms with Crippen LogP contribution in [-0.2, 0) is 4.74 Å². The predicted octanol–water partition coefficient (Wildman–Crippen LogP) is 0.912. The lowest BCUT2D eigenvalue weighted by Gasteiger charge is -2.28. The molecule has 6 heteroatoms. The van der Waals surface area contributed by atoms with Crippen LogP contribution in [0.25, 0.3) is 0 Å². The molecule has 2 saturated heterocycles. The number of likely N-dealkylation sites (tertiary alicyclic amines) is 1. The highest BCUT2D eigenvalue weighted by atomic mass is 16.5. The third-order valence-electron chi connectivity index (χ3n) is 4.43. The van der Waals surface area contributed by atoms with E-state index in [1.165, 1.54) is 13.0 Å². The molecule has 1 aromatic rings. The lowest BCUT2D eigenvalue weighted by Crippen LogP contribution is -2.41. The molecule has 1 N–H and O–H groups in total. The highest BCUT2D eigenvalue weighted by Gasteiger charge is 2.23. The summed E-state index contributed by atoms with van der Waals surface area (Å²) in [5, 5.41) is 3.56. The number of nitrogens with zero attached hydrogens (tertiary/aromatic N) is 4. The van der Waals surface area contributed by atoms with E-state index in [9.17, 15) is 0 Å². The van der Waals surface area contributed by atoms with E-state index in [2.05, 4.69) is 25.1 Å². The van der Waals surface area contributed by atoms with Gasteiger partial charge in [0, 0.05) is 57.1 Å². The summed E-state index contributed by atoms with van der Waals surface area (Å²) in [5.74, 6) is 1.80. The number of hydrogen-bond acceptors (Lipinski definition) is 6. The maximum Gasteiger partial charge on any atom is 0.130 e. The summed E-state index contributed by atoms with van der Waals surface area (Å²) >= 11 is 0. The first-order chi connectivity index (χ1) is 10.7. The van der Waals surface area contributed by atoms with Gasteiger partial charge in [-0.2, -0.15) is 0 Å². The third kappa shape index (κ3) is 4.38. The topological polar surface area (TPSA) is 53.5 Å². The molecular weight excluding hydrogens is 278 g/mol. The summed E-state index contributed by atoms with van der Waals surface area (Å²) in [5.41, 5.74) is 1.03. The molecule has 0 spiro atoms.